The van der Waals surface area contributed by atoms with Crippen LogP contribution in [0.15, 0.2) is 42.7 Å². The zero-order valence-corrected chi connectivity index (χ0v) is 15.2. The molecule has 3 rings (SSSR count). The van der Waals surface area contributed by atoms with Gasteiger partial charge in [-0.25, -0.2) is 0 Å². The molecule has 0 radical (unpaired) electrons. The van der Waals surface area contributed by atoms with Crippen LogP contribution in [-0.4, -0.2) is 62.4 Å². The van der Waals surface area contributed by atoms with Crippen LogP contribution in [0.2, 0.25) is 0 Å². The summed E-state index contributed by atoms with van der Waals surface area (Å²) in [6, 6.07) is 9.51. The second-order valence-electron chi connectivity index (χ2n) is 6.22. The minimum Gasteiger partial charge on any atom is -0.495 e. The van der Waals surface area contributed by atoms with Crippen LogP contribution in [0.3, 0.4) is 0 Å². The number of hydrogen-bond acceptors (Lipinski definition) is 5. The topological polar surface area (TPSA) is 60.9 Å². The second kappa shape index (κ2) is 8.78. The van der Waals surface area contributed by atoms with Gasteiger partial charge in [0, 0.05) is 44.1 Å². The molecule has 0 spiro atoms. The van der Waals surface area contributed by atoms with E-state index in [0.29, 0.717) is 37.6 Å². The van der Waals surface area contributed by atoms with E-state index in [9.17, 15) is 4.79 Å². The lowest BCUT2D eigenvalue weighted by Crippen LogP contribution is -2.45. The first-order valence-electron chi connectivity index (χ1n) is 8.70. The van der Waals surface area contributed by atoms with Gasteiger partial charge in [0.1, 0.15) is 5.75 Å². The number of carbonyl (C=O) groups is 1. The van der Waals surface area contributed by atoms with Gasteiger partial charge in [0.15, 0.2) is 0 Å². The zero-order chi connectivity index (χ0) is 18.4. The van der Waals surface area contributed by atoms with E-state index in [-0.39, 0.29) is 12.0 Å². The lowest BCUT2D eigenvalue weighted by atomic mass is 10.0. The monoisotopic (exact) mass is 356 g/mol. The van der Waals surface area contributed by atoms with Gasteiger partial charge in [-0.2, -0.15) is 0 Å². The fraction of sp³-hybridized carbons (Fsp3) is 0.400. The first-order valence-corrected chi connectivity index (χ1v) is 8.70. The molecule has 6 heteroatoms. The van der Waals surface area contributed by atoms with Crippen LogP contribution in [0.5, 0.6) is 5.75 Å². The summed E-state index contributed by atoms with van der Waals surface area (Å²) in [5.74, 6) is 0.740. The Morgan fingerprint density at radius 3 is 2.77 bits per heavy atom. The number of rotatable bonds is 6. The quantitative estimate of drug-likeness (QED) is 0.796. The predicted molar refractivity (Wildman–Crippen MR) is 98.4 cm³/mol. The fourth-order valence-electron chi connectivity index (χ4n) is 3.00. The van der Waals surface area contributed by atoms with Crippen molar-refractivity contribution in [2.75, 3.05) is 40.5 Å². The molecule has 1 aliphatic heterocycles. The van der Waals surface area contributed by atoms with Gasteiger partial charge in [-0.15, -0.1) is 0 Å². The second-order valence-corrected chi connectivity index (χ2v) is 6.22. The number of methoxy groups -OCH3 is 2. The van der Waals surface area contributed by atoms with Gasteiger partial charge in [0.05, 0.1) is 26.0 Å². The smallest absolute Gasteiger partial charge is 0.254 e. The number of aromatic nitrogens is 1. The molecule has 0 saturated carbocycles. The van der Waals surface area contributed by atoms with E-state index in [4.69, 9.17) is 14.2 Å². The molecule has 1 atom stereocenters. The first-order chi connectivity index (χ1) is 12.7. The van der Waals surface area contributed by atoms with Crippen LogP contribution in [0.25, 0.3) is 11.1 Å². The number of benzene rings is 1. The molecule has 2 aromatic rings. The van der Waals surface area contributed by atoms with Crippen LogP contribution >= 0.6 is 0 Å². The summed E-state index contributed by atoms with van der Waals surface area (Å²) in [5, 5.41) is 0. The van der Waals surface area contributed by atoms with Gasteiger partial charge in [-0.05, 0) is 30.2 Å². The molecule has 6 nitrogen and oxygen atoms in total. The number of amides is 1. The first kappa shape index (κ1) is 18.4. The Labute approximate surface area is 153 Å². The molecular formula is C20H24N2O4. The molecule has 1 saturated heterocycles. The number of pyridine rings is 1. The third kappa shape index (κ3) is 4.39. The summed E-state index contributed by atoms with van der Waals surface area (Å²) in [7, 11) is 3.29. The van der Waals surface area contributed by atoms with Gasteiger partial charge >= 0.3 is 0 Å². The normalized spacial score (nSPS) is 17.2. The van der Waals surface area contributed by atoms with E-state index in [0.717, 1.165) is 17.5 Å². The minimum absolute atomic E-state index is 0.0334. The third-order valence-electron chi connectivity index (χ3n) is 4.48. The summed E-state index contributed by atoms with van der Waals surface area (Å²) >= 11 is 0. The maximum Gasteiger partial charge on any atom is 0.254 e. The number of morpholine rings is 1. The van der Waals surface area contributed by atoms with E-state index >= 15 is 0 Å². The highest BCUT2D eigenvalue weighted by Gasteiger charge is 2.24. The molecule has 0 aliphatic carbocycles. The maximum atomic E-state index is 12.8. The van der Waals surface area contributed by atoms with Crippen LogP contribution < -0.4 is 4.74 Å². The van der Waals surface area contributed by atoms with Crippen molar-refractivity contribution >= 4 is 5.91 Å². The van der Waals surface area contributed by atoms with Crippen LogP contribution in [0.1, 0.15) is 16.8 Å². The number of ether oxygens (including phenoxy) is 3. The van der Waals surface area contributed by atoms with Gasteiger partial charge in [0.25, 0.3) is 5.91 Å². The summed E-state index contributed by atoms with van der Waals surface area (Å²) in [6.07, 6.45) is 4.28. The molecule has 138 valence electrons. The Morgan fingerprint density at radius 1 is 1.23 bits per heavy atom. The lowest BCUT2D eigenvalue weighted by molar-refractivity contribution is -0.0332. The van der Waals surface area contributed by atoms with Crippen molar-refractivity contribution in [1.29, 1.82) is 0 Å². The average Bonchev–Trinajstić information content (AvgIpc) is 2.72. The van der Waals surface area contributed by atoms with E-state index in [1.54, 1.807) is 26.6 Å². The van der Waals surface area contributed by atoms with Crippen LogP contribution in [0, 0.1) is 0 Å². The van der Waals surface area contributed by atoms with E-state index in [1.165, 1.54) is 0 Å². The van der Waals surface area contributed by atoms with E-state index in [2.05, 4.69) is 4.98 Å². The standard InChI is InChI=1S/C20H24N2O4/c1-24-9-7-18-14-22(8-10-26-18)20(23)16-5-3-15(4-6-16)17-11-19(25-2)13-21-12-17/h3-6,11-13,18H,7-10,14H2,1-2H3/t18-/m1/s1. The molecular weight excluding hydrogens is 332 g/mol. The summed E-state index contributed by atoms with van der Waals surface area (Å²) in [4.78, 5) is 18.8. The highest BCUT2D eigenvalue weighted by molar-refractivity contribution is 5.94. The minimum atomic E-state index is 0.0334. The Balaban J connectivity index is 1.68. The molecule has 1 aromatic heterocycles. The molecule has 0 unspecified atom stereocenters. The Kier molecular flexibility index (Phi) is 6.20. The Bertz CT molecular complexity index is 733. The summed E-state index contributed by atoms with van der Waals surface area (Å²) in [5.41, 5.74) is 2.62. The Morgan fingerprint density at radius 2 is 2.04 bits per heavy atom. The highest BCUT2D eigenvalue weighted by atomic mass is 16.5. The van der Waals surface area contributed by atoms with Gasteiger partial charge in [-0.3, -0.25) is 9.78 Å². The lowest BCUT2D eigenvalue weighted by Gasteiger charge is -2.33. The van der Waals surface area contributed by atoms with Crippen molar-refractivity contribution in [1.82, 2.24) is 9.88 Å². The van der Waals surface area contributed by atoms with Gasteiger partial charge in [0.2, 0.25) is 0 Å². The number of carbonyl (C=O) groups excluding carboxylic acids is 1. The molecule has 1 aromatic carbocycles. The number of hydrogen-bond donors (Lipinski definition) is 0. The third-order valence-corrected chi connectivity index (χ3v) is 4.48. The van der Waals surface area contributed by atoms with Crippen molar-refractivity contribution in [2.45, 2.75) is 12.5 Å². The Hall–Kier alpha value is -2.44. The molecule has 1 aliphatic rings. The van der Waals surface area contributed by atoms with Crippen LogP contribution in [0.4, 0.5) is 0 Å². The predicted octanol–water partition coefficient (Wildman–Crippen LogP) is 2.63. The van der Waals surface area contributed by atoms with E-state index in [1.807, 2.05) is 35.2 Å². The van der Waals surface area contributed by atoms with Crippen molar-refractivity contribution in [3.63, 3.8) is 0 Å². The summed E-state index contributed by atoms with van der Waals surface area (Å²) in [6.45, 7) is 2.41. The van der Waals surface area contributed by atoms with Gasteiger partial charge in [-0.1, -0.05) is 12.1 Å². The molecule has 1 fully saturated rings. The molecule has 0 bridgehead atoms. The van der Waals surface area contributed by atoms with E-state index < -0.39 is 0 Å². The highest BCUT2D eigenvalue weighted by Crippen LogP contribution is 2.23. The molecule has 0 N–H and O–H groups in total. The van der Waals surface area contributed by atoms with Crippen molar-refractivity contribution < 1.29 is 19.0 Å². The SMILES string of the molecule is COCC[C@@H]1CN(C(=O)c2ccc(-c3cncc(OC)c3)cc2)CCO1. The van der Waals surface area contributed by atoms with Crippen LogP contribution in [-0.2, 0) is 9.47 Å². The average molecular weight is 356 g/mol. The van der Waals surface area contributed by atoms with Gasteiger partial charge < -0.3 is 19.1 Å². The van der Waals surface area contributed by atoms with Crippen molar-refractivity contribution in [3.05, 3.63) is 48.3 Å². The van der Waals surface area contributed by atoms with Crippen molar-refractivity contribution in [3.8, 4) is 16.9 Å². The molecule has 2 heterocycles. The largest absolute Gasteiger partial charge is 0.495 e. The zero-order valence-electron chi connectivity index (χ0n) is 15.2. The maximum absolute atomic E-state index is 12.8. The fourth-order valence-corrected chi connectivity index (χ4v) is 3.00. The molecule has 1 amide bonds. The molecule has 26 heavy (non-hydrogen) atoms. The van der Waals surface area contributed by atoms with Crippen molar-refractivity contribution in [2.24, 2.45) is 0 Å². The number of nitrogens with zero attached hydrogens (tertiary/aromatic N) is 2. The summed E-state index contributed by atoms with van der Waals surface area (Å²) < 4.78 is 16.0.